The molecule has 0 aliphatic rings. The van der Waals surface area contributed by atoms with Gasteiger partial charge in [-0.05, 0) is 44.9 Å². The fraction of sp³-hybridized carbons (Fsp3) is 0.884. The molecule has 0 fully saturated rings. The van der Waals surface area contributed by atoms with E-state index in [1.54, 1.807) is 6.08 Å². The van der Waals surface area contributed by atoms with Gasteiger partial charge in [0.25, 0.3) is 0 Å². The molecule has 0 bridgehead atoms. The van der Waals surface area contributed by atoms with Crippen LogP contribution < -0.4 is 5.32 Å². The van der Waals surface area contributed by atoms with Crippen LogP contribution >= 0.6 is 0 Å². The molecule has 0 spiro atoms. The van der Waals surface area contributed by atoms with Crippen molar-refractivity contribution in [2.75, 3.05) is 6.61 Å². The smallest absolute Gasteiger partial charge is 0.220 e. The molecule has 0 aromatic heterocycles. The molecule has 0 rings (SSSR count). The van der Waals surface area contributed by atoms with Gasteiger partial charge in [0.2, 0.25) is 5.91 Å². The standard InChI is InChI=1S/C43H83NO3/c1-3-5-7-9-11-13-15-17-19-21-22-23-25-27-29-31-33-35-37-39-43(47)44-41(40-45)42(46)38-36-34-32-30-28-26-24-20-18-16-14-12-10-8-6-4-2/h17,19,36,38,41-42,45-46H,3-16,18,20-35,37,39-40H2,1-2H3,(H,44,47)/b19-17-,38-36+. The van der Waals surface area contributed by atoms with Crippen molar-refractivity contribution in [2.24, 2.45) is 0 Å². The second-order valence-electron chi connectivity index (χ2n) is 14.4. The van der Waals surface area contributed by atoms with Crippen LogP contribution in [0.15, 0.2) is 24.3 Å². The summed E-state index contributed by atoms with van der Waals surface area (Å²) in [6.45, 7) is 4.31. The van der Waals surface area contributed by atoms with Gasteiger partial charge in [0.15, 0.2) is 0 Å². The molecule has 0 aliphatic carbocycles. The molecule has 4 heteroatoms. The summed E-state index contributed by atoms with van der Waals surface area (Å²) in [6.07, 6.45) is 49.9. The van der Waals surface area contributed by atoms with Crippen molar-refractivity contribution in [3.05, 3.63) is 24.3 Å². The summed E-state index contributed by atoms with van der Waals surface area (Å²) in [5.74, 6) is -0.0653. The largest absolute Gasteiger partial charge is 0.394 e. The Morgan fingerprint density at radius 2 is 0.809 bits per heavy atom. The monoisotopic (exact) mass is 662 g/mol. The van der Waals surface area contributed by atoms with Gasteiger partial charge in [0, 0.05) is 6.42 Å². The minimum absolute atomic E-state index is 0.0653. The van der Waals surface area contributed by atoms with Crippen LogP contribution in [0.4, 0.5) is 0 Å². The van der Waals surface area contributed by atoms with E-state index in [2.05, 4.69) is 31.3 Å². The maximum atomic E-state index is 12.4. The molecule has 0 aliphatic heterocycles. The number of amides is 1. The highest BCUT2D eigenvalue weighted by atomic mass is 16.3. The van der Waals surface area contributed by atoms with Crippen LogP contribution in [-0.2, 0) is 4.79 Å². The number of nitrogens with one attached hydrogen (secondary N) is 1. The number of carbonyl (C=O) groups is 1. The molecule has 0 aromatic carbocycles. The van der Waals surface area contributed by atoms with E-state index in [1.165, 1.54) is 180 Å². The van der Waals surface area contributed by atoms with Gasteiger partial charge in [-0.1, -0.05) is 199 Å². The molecule has 3 N–H and O–H groups in total. The van der Waals surface area contributed by atoms with Gasteiger partial charge >= 0.3 is 0 Å². The molecule has 0 aromatic rings. The first-order valence-electron chi connectivity index (χ1n) is 21.1. The summed E-state index contributed by atoms with van der Waals surface area (Å²) in [5, 5.41) is 23.0. The summed E-state index contributed by atoms with van der Waals surface area (Å²) >= 11 is 0. The van der Waals surface area contributed by atoms with Crippen LogP contribution in [0, 0.1) is 0 Å². The second kappa shape index (κ2) is 39.3. The normalized spacial score (nSPS) is 13.2. The summed E-state index contributed by atoms with van der Waals surface area (Å²) in [5.41, 5.74) is 0. The van der Waals surface area contributed by atoms with Crippen molar-refractivity contribution >= 4 is 5.91 Å². The topological polar surface area (TPSA) is 69.6 Å². The lowest BCUT2D eigenvalue weighted by molar-refractivity contribution is -0.123. The van der Waals surface area contributed by atoms with E-state index in [-0.39, 0.29) is 12.5 Å². The summed E-state index contributed by atoms with van der Waals surface area (Å²) in [7, 11) is 0. The number of rotatable bonds is 38. The number of hydrogen-bond donors (Lipinski definition) is 3. The maximum absolute atomic E-state index is 12.4. The molecule has 0 saturated carbocycles. The highest BCUT2D eigenvalue weighted by Gasteiger charge is 2.17. The lowest BCUT2D eigenvalue weighted by Gasteiger charge is -2.20. The van der Waals surface area contributed by atoms with Gasteiger partial charge < -0.3 is 15.5 Å². The number of carbonyl (C=O) groups excluding carboxylic acids is 1. The van der Waals surface area contributed by atoms with Crippen molar-refractivity contribution in [3.63, 3.8) is 0 Å². The van der Waals surface area contributed by atoms with Gasteiger partial charge in [-0.25, -0.2) is 0 Å². The molecule has 4 nitrogen and oxygen atoms in total. The molecule has 0 heterocycles. The van der Waals surface area contributed by atoms with Gasteiger partial charge in [-0.2, -0.15) is 0 Å². The van der Waals surface area contributed by atoms with Crippen LogP contribution in [0.5, 0.6) is 0 Å². The Hall–Kier alpha value is -1.13. The van der Waals surface area contributed by atoms with Gasteiger partial charge in [-0.3, -0.25) is 4.79 Å². The Morgan fingerprint density at radius 1 is 0.489 bits per heavy atom. The molecule has 47 heavy (non-hydrogen) atoms. The van der Waals surface area contributed by atoms with E-state index in [1.807, 2.05) is 6.08 Å². The van der Waals surface area contributed by atoms with E-state index in [4.69, 9.17) is 0 Å². The Balaban J connectivity index is 3.57. The van der Waals surface area contributed by atoms with Crippen molar-refractivity contribution in [1.82, 2.24) is 5.32 Å². The van der Waals surface area contributed by atoms with Crippen LogP contribution in [0.1, 0.15) is 226 Å². The van der Waals surface area contributed by atoms with E-state index < -0.39 is 12.1 Å². The first-order chi connectivity index (χ1) is 23.2. The Bertz CT molecular complexity index is 676. The fourth-order valence-electron chi connectivity index (χ4n) is 6.41. The molecule has 2 unspecified atom stereocenters. The second-order valence-corrected chi connectivity index (χ2v) is 14.4. The number of unbranched alkanes of at least 4 members (excludes halogenated alkanes) is 29. The average Bonchev–Trinajstić information content (AvgIpc) is 3.07. The molecule has 278 valence electrons. The molecular weight excluding hydrogens is 578 g/mol. The zero-order valence-corrected chi connectivity index (χ0v) is 31.8. The fourth-order valence-corrected chi connectivity index (χ4v) is 6.41. The van der Waals surface area contributed by atoms with Crippen molar-refractivity contribution in [3.8, 4) is 0 Å². The van der Waals surface area contributed by atoms with Gasteiger partial charge in [-0.15, -0.1) is 0 Å². The van der Waals surface area contributed by atoms with Gasteiger partial charge in [0.05, 0.1) is 18.8 Å². The highest BCUT2D eigenvalue weighted by molar-refractivity contribution is 5.76. The highest BCUT2D eigenvalue weighted by Crippen LogP contribution is 2.15. The third-order valence-electron chi connectivity index (χ3n) is 9.68. The number of hydrogen-bond acceptors (Lipinski definition) is 3. The third kappa shape index (κ3) is 36.0. The Morgan fingerprint density at radius 3 is 1.17 bits per heavy atom. The van der Waals surface area contributed by atoms with E-state index in [9.17, 15) is 15.0 Å². The van der Waals surface area contributed by atoms with E-state index >= 15 is 0 Å². The molecular formula is C43H83NO3. The van der Waals surface area contributed by atoms with Crippen LogP contribution in [-0.4, -0.2) is 34.9 Å². The zero-order valence-electron chi connectivity index (χ0n) is 31.8. The minimum atomic E-state index is -0.836. The molecule has 2 atom stereocenters. The van der Waals surface area contributed by atoms with Crippen molar-refractivity contribution in [1.29, 1.82) is 0 Å². The first-order valence-corrected chi connectivity index (χ1v) is 21.1. The lowest BCUT2D eigenvalue weighted by atomic mass is 10.0. The van der Waals surface area contributed by atoms with E-state index in [0.717, 1.165) is 25.7 Å². The summed E-state index contributed by atoms with van der Waals surface area (Å²) < 4.78 is 0. The summed E-state index contributed by atoms with van der Waals surface area (Å²) in [4.78, 5) is 12.4. The maximum Gasteiger partial charge on any atom is 0.220 e. The number of allylic oxidation sites excluding steroid dienone is 3. The quantitative estimate of drug-likeness (QED) is 0.0455. The molecule has 0 saturated heterocycles. The number of aliphatic hydroxyl groups is 2. The first kappa shape index (κ1) is 45.9. The third-order valence-corrected chi connectivity index (χ3v) is 9.68. The predicted molar refractivity (Wildman–Crippen MR) is 207 cm³/mol. The zero-order chi connectivity index (χ0) is 34.3. The molecule has 1 amide bonds. The summed E-state index contributed by atoms with van der Waals surface area (Å²) in [6, 6.07) is -0.620. The minimum Gasteiger partial charge on any atom is -0.394 e. The Kier molecular flexibility index (Phi) is 38.4. The van der Waals surface area contributed by atoms with Crippen molar-refractivity contribution in [2.45, 2.75) is 238 Å². The number of aliphatic hydroxyl groups excluding tert-OH is 2. The Labute approximate surface area is 294 Å². The lowest BCUT2D eigenvalue weighted by Crippen LogP contribution is -2.45. The van der Waals surface area contributed by atoms with Crippen molar-refractivity contribution < 1.29 is 15.0 Å². The van der Waals surface area contributed by atoms with Crippen LogP contribution in [0.25, 0.3) is 0 Å². The average molecular weight is 662 g/mol. The van der Waals surface area contributed by atoms with E-state index in [0.29, 0.717) is 6.42 Å². The predicted octanol–water partition coefficient (Wildman–Crippen LogP) is 12.8. The van der Waals surface area contributed by atoms with Gasteiger partial charge in [0.1, 0.15) is 0 Å². The SMILES string of the molecule is CCCCCCCC/C=C\CCCCCCCCCCCC(=O)NC(CO)C(O)/C=C/CCCCCCCCCCCCCCCC. The van der Waals surface area contributed by atoms with Crippen LogP contribution in [0.3, 0.4) is 0 Å². The molecule has 0 radical (unpaired) electrons. The van der Waals surface area contributed by atoms with Crippen LogP contribution in [0.2, 0.25) is 0 Å².